The number of nitrogens with two attached hydrogens (primary N) is 1. The third kappa shape index (κ3) is 3.10. The fourth-order valence-corrected chi connectivity index (χ4v) is 1.73. The number of hydrogen-bond donors (Lipinski definition) is 2. The molecular formula is C12H13ClN4O2. The number of carboxylic acid groups (broad SMARTS) is 1. The van der Waals surface area contributed by atoms with Crippen LogP contribution in [0.3, 0.4) is 0 Å². The molecule has 0 amide bonds. The molecule has 1 aromatic carbocycles. The van der Waals surface area contributed by atoms with Crippen molar-refractivity contribution in [2.24, 2.45) is 5.73 Å². The fraction of sp³-hybridized carbons (Fsp3) is 0.250. The highest BCUT2D eigenvalue weighted by Gasteiger charge is 2.14. The number of carbonyl (C=O) groups is 1. The Morgan fingerprint density at radius 2 is 2.32 bits per heavy atom. The first-order valence-corrected chi connectivity index (χ1v) is 6.01. The number of carboxylic acids is 1. The Hall–Kier alpha value is -1.92. The first-order valence-electron chi connectivity index (χ1n) is 5.63. The van der Waals surface area contributed by atoms with Gasteiger partial charge in [0.2, 0.25) is 0 Å². The van der Waals surface area contributed by atoms with Crippen molar-refractivity contribution >= 4 is 17.6 Å². The van der Waals surface area contributed by atoms with Gasteiger partial charge in [-0.1, -0.05) is 22.9 Å². The Morgan fingerprint density at radius 1 is 1.58 bits per heavy atom. The van der Waals surface area contributed by atoms with Gasteiger partial charge in [0.1, 0.15) is 6.04 Å². The van der Waals surface area contributed by atoms with Gasteiger partial charge in [-0.25, -0.2) is 4.68 Å². The van der Waals surface area contributed by atoms with Gasteiger partial charge >= 0.3 is 5.97 Å². The predicted molar refractivity (Wildman–Crippen MR) is 70.4 cm³/mol. The molecule has 0 aliphatic rings. The fourth-order valence-electron chi connectivity index (χ4n) is 1.56. The van der Waals surface area contributed by atoms with E-state index in [9.17, 15) is 4.79 Å². The van der Waals surface area contributed by atoms with Gasteiger partial charge in [0.25, 0.3) is 0 Å². The number of halogens is 1. The molecule has 1 unspecified atom stereocenters. The smallest absolute Gasteiger partial charge is 0.320 e. The predicted octanol–water partition coefficient (Wildman–Crippen LogP) is 1.18. The summed E-state index contributed by atoms with van der Waals surface area (Å²) in [4.78, 5) is 10.7. The monoisotopic (exact) mass is 280 g/mol. The molecule has 0 fully saturated rings. The molecule has 1 aromatic heterocycles. The van der Waals surface area contributed by atoms with Crippen molar-refractivity contribution in [3.05, 3.63) is 40.7 Å². The first-order chi connectivity index (χ1) is 8.97. The van der Waals surface area contributed by atoms with E-state index >= 15 is 0 Å². The summed E-state index contributed by atoms with van der Waals surface area (Å²) >= 11 is 6.04. The van der Waals surface area contributed by atoms with E-state index in [1.807, 2.05) is 19.1 Å². The average molecular weight is 281 g/mol. The number of nitrogens with zero attached hydrogens (tertiary/aromatic N) is 3. The molecule has 0 aliphatic heterocycles. The lowest BCUT2D eigenvalue weighted by Gasteiger charge is -2.03. The number of rotatable bonds is 4. The van der Waals surface area contributed by atoms with Crippen LogP contribution in [0.5, 0.6) is 0 Å². The molecule has 19 heavy (non-hydrogen) atoms. The Balaban J connectivity index is 2.20. The van der Waals surface area contributed by atoms with Crippen molar-refractivity contribution in [1.82, 2.24) is 15.0 Å². The molecule has 6 nitrogen and oxygen atoms in total. The summed E-state index contributed by atoms with van der Waals surface area (Å²) in [6.45, 7) is 1.91. The summed E-state index contributed by atoms with van der Waals surface area (Å²) in [5.74, 6) is -1.06. The van der Waals surface area contributed by atoms with Gasteiger partial charge in [0, 0.05) is 11.4 Å². The minimum absolute atomic E-state index is 0.134. The van der Waals surface area contributed by atoms with Gasteiger partial charge in [-0.05, 0) is 24.6 Å². The Morgan fingerprint density at radius 3 is 2.95 bits per heavy atom. The van der Waals surface area contributed by atoms with Crippen LogP contribution in [0, 0.1) is 6.92 Å². The normalized spacial score (nSPS) is 12.4. The molecule has 0 radical (unpaired) electrons. The Labute approximate surface area is 114 Å². The van der Waals surface area contributed by atoms with E-state index in [4.69, 9.17) is 22.4 Å². The first kappa shape index (κ1) is 13.5. The van der Waals surface area contributed by atoms with Crippen LogP contribution in [-0.2, 0) is 11.2 Å². The molecule has 1 heterocycles. The van der Waals surface area contributed by atoms with Crippen molar-refractivity contribution in [1.29, 1.82) is 0 Å². The van der Waals surface area contributed by atoms with Crippen LogP contribution in [0.1, 0.15) is 11.3 Å². The zero-order valence-electron chi connectivity index (χ0n) is 10.2. The van der Waals surface area contributed by atoms with Crippen LogP contribution in [0.25, 0.3) is 5.69 Å². The topological polar surface area (TPSA) is 94.0 Å². The van der Waals surface area contributed by atoms with Crippen molar-refractivity contribution < 1.29 is 9.90 Å². The number of aryl methyl sites for hydroxylation is 1. The van der Waals surface area contributed by atoms with E-state index < -0.39 is 12.0 Å². The summed E-state index contributed by atoms with van der Waals surface area (Å²) in [5, 5.41) is 17.2. The molecule has 7 heteroatoms. The zero-order valence-corrected chi connectivity index (χ0v) is 11.0. The maximum Gasteiger partial charge on any atom is 0.320 e. The number of aromatic nitrogens is 3. The summed E-state index contributed by atoms with van der Waals surface area (Å²) in [5.41, 5.74) is 7.70. The zero-order chi connectivity index (χ0) is 14.0. The lowest BCUT2D eigenvalue weighted by molar-refractivity contribution is -0.138. The van der Waals surface area contributed by atoms with Crippen LogP contribution in [0.15, 0.2) is 24.4 Å². The molecular weight excluding hydrogens is 268 g/mol. The largest absolute Gasteiger partial charge is 0.480 e. The highest BCUT2D eigenvalue weighted by Crippen LogP contribution is 2.19. The van der Waals surface area contributed by atoms with Crippen LogP contribution in [0.4, 0.5) is 0 Å². The van der Waals surface area contributed by atoms with Gasteiger partial charge in [-0.2, -0.15) is 0 Å². The molecule has 0 aliphatic carbocycles. The molecule has 0 saturated heterocycles. The lowest BCUT2D eigenvalue weighted by Crippen LogP contribution is -2.32. The number of aliphatic carboxylic acids is 1. The van der Waals surface area contributed by atoms with Crippen LogP contribution < -0.4 is 5.73 Å². The molecule has 1 atom stereocenters. The standard InChI is InChI=1S/C12H13ClN4O2/c1-7-2-3-9(5-10(7)13)17-6-8(15-16-17)4-11(14)12(18)19/h2-3,5-6,11H,4,14H2,1H3,(H,18,19). The van der Waals surface area contributed by atoms with Crippen molar-refractivity contribution in [2.75, 3.05) is 0 Å². The third-order valence-electron chi connectivity index (χ3n) is 2.71. The highest BCUT2D eigenvalue weighted by molar-refractivity contribution is 6.31. The number of benzene rings is 1. The van der Waals surface area contributed by atoms with E-state index in [0.29, 0.717) is 10.7 Å². The van der Waals surface area contributed by atoms with E-state index in [2.05, 4.69) is 10.3 Å². The second-order valence-corrected chi connectivity index (χ2v) is 4.64. The Kier molecular flexibility index (Phi) is 3.82. The Bertz CT molecular complexity index is 612. The maximum absolute atomic E-state index is 10.7. The SMILES string of the molecule is Cc1ccc(-n2cc(CC(N)C(=O)O)nn2)cc1Cl. The maximum atomic E-state index is 10.7. The van der Waals surface area contributed by atoms with Gasteiger partial charge in [0.15, 0.2) is 0 Å². The molecule has 3 N–H and O–H groups in total. The van der Waals surface area contributed by atoms with E-state index in [1.165, 1.54) is 4.68 Å². The van der Waals surface area contributed by atoms with Gasteiger partial charge in [0.05, 0.1) is 17.6 Å². The van der Waals surface area contributed by atoms with Crippen molar-refractivity contribution in [3.8, 4) is 5.69 Å². The molecule has 0 spiro atoms. The second-order valence-electron chi connectivity index (χ2n) is 4.24. The third-order valence-corrected chi connectivity index (χ3v) is 3.11. The molecule has 0 saturated carbocycles. The van der Waals surface area contributed by atoms with Gasteiger partial charge < -0.3 is 10.8 Å². The van der Waals surface area contributed by atoms with Crippen LogP contribution >= 0.6 is 11.6 Å². The van der Waals surface area contributed by atoms with E-state index in [1.54, 1.807) is 12.3 Å². The quantitative estimate of drug-likeness (QED) is 0.877. The van der Waals surface area contributed by atoms with Crippen molar-refractivity contribution in [2.45, 2.75) is 19.4 Å². The molecule has 100 valence electrons. The molecule has 2 rings (SSSR count). The second kappa shape index (κ2) is 5.38. The van der Waals surface area contributed by atoms with Crippen LogP contribution in [-0.4, -0.2) is 32.1 Å². The molecule has 0 bridgehead atoms. The summed E-state index contributed by atoms with van der Waals surface area (Å²) < 4.78 is 1.54. The minimum Gasteiger partial charge on any atom is -0.480 e. The summed E-state index contributed by atoms with van der Waals surface area (Å²) in [7, 11) is 0. The lowest BCUT2D eigenvalue weighted by atomic mass is 10.2. The molecule has 2 aromatic rings. The van der Waals surface area contributed by atoms with Crippen molar-refractivity contribution in [3.63, 3.8) is 0 Å². The summed E-state index contributed by atoms with van der Waals surface area (Å²) in [6, 6.07) is 4.53. The van der Waals surface area contributed by atoms with Gasteiger partial charge in [-0.3, -0.25) is 4.79 Å². The number of hydrogen-bond acceptors (Lipinski definition) is 4. The minimum atomic E-state index is -1.06. The average Bonchev–Trinajstić information content (AvgIpc) is 2.81. The van der Waals surface area contributed by atoms with E-state index in [0.717, 1.165) is 11.3 Å². The van der Waals surface area contributed by atoms with Gasteiger partial charge in [-0.15, -0.1) is 5.10 Å². The summed E-state index contributed by atoms with van der Waals surface area (Å²) in [6.07, 6.45) is 1.78. The highest BCUT2D eigenvalue weighted by atomic mass is 35.5. The van der Waals surface area contributed by atoms with E-state index in [-0.39, 0.29) is 6.42 Å². The van der Waals surface area contributed by atoms with Crippen LogP contribution in [0.2, 0.25) is 5.02 Å².